The maximum absolute atomic E-state index is 9.41. The second-order valence-corrected chi connectivity index (χ2v) is 6.00. The average molecular weight is 338 g/mol. The molecule has 3 N–H and O–H groups in total. The lowest BCUT2D eigenvalue weighted by molar-refractivity contribution is 0.271. The van der Waals surface area contributed by atoms with Crippen LogP contribution in [-0.2, 0) is 0 Å². The summed E-state index contributed by atoms with van der Waals surface area (Å²) in [7, 11) is 0. The first-order valence-electron chi connectivity index (χ1n) is 8.31. The van der Waals surface area contributed by atoms with Crippen LogP contribution in [0.25, 0.3) is 11.2 Å². The van der Waals surface area contributed by atoms with Gasteiger partial charge in [-0.05, 0) is 37.5 Å². The first-order valence-corrected chi connectivity index (χ1v) is 8.31. The fourth-order valence-corrected chi connectivity index (χ4v) is 2.47. The monoisotopic (exact) mass is 338 g/mol. The number of benzene rings is 1. The molecule has 0 saturated heterocycles. The van der Waals surface area contributed by atoms with Crippen LogP contribution < -0.4 is 10.6 Å². The Balaban J connectivity index is 2.04. The molecule has 0 amide bonds. The number of hydrogen-bond donors (Lipinski definition) is 3. The molecule has 2 aromatic heterocycles. The van der Waals surface area contributed by atoms with Gasteiger partial charge >= 0.3 is 0 Å². The normalized spacial score (nSPS) is 12.2. The standard InChI is InChI=1S/C18H22N6O/c1-4-13(10-25)21-18-23-16-15(19-7-8-20-16)17(24-18)22-14-9-11(2)5-6-12(14)3/h5-9,13,25H,4,10H2,1-3H3,(H2,20,21,22,23,24)/t13-/m1/s1. The number of aryl methyl sites for hydroxylation is 2. The van der Waals surface area contributed by atoms with Crippen molar-refractivity contribution in [3.05, 3.63) is 41.7 Å². The van der Waals surface area contributed by atoms with E-state index in [1.54, 1.807) is 12.4 Å². The minimum absolute atomic E-state index is 0.0120. The Morgan fingerprint density at radius 3 is 2.68 bits per heavy atom. The van der Waals surface area contributed by atoms with Crippen molar-refractivity contribution in [2.45, 2.75) is 33.2 Å². The zero-order valence-electron chi connectivity index (χ0n) is 14.6. The molecule has 7 nitrogen and oxygen atoms in total. The Labute approximate surface area is 146 Å². The van der Waals surface area contributed by atoms with E-state index < -0.39 is 0 Å². The molecule has 3 aromatic rings. The minimum Gasteiger partial charge on any atom is -0.394 e. The predicted molar refractivity (Wildman–Crippen MR) is 99.1 cm³/mol. The van der Waals surface area contributed by atoms with Crippen LogP contribution in [0.4, 0.5) is 17.5 Å². The van der Waals surface area contributed by atoms with Crippen molar-refractivity contribution in [3.63, 3.8) is 0 Å². The van der Waals surface area contributed by atoms with E-state index in [0.29, 0.717) is 22.9 Å². The van der Waals surface area contributed by atoms with Gasteiger partial charge in [0.05, 0.1) is 12.6 Å². The number of fused-ring (bicyclic) bond motifs is 1. The number of rotatable bonds is 6. The molecule has 25 heavy (non-hydrogen) atoms. The van der Waals surface area contributed by atoms with Gasteiger partial charge in [-0.1, -0.05) is 19.1 Å². The van der Waals surface area contributed by atoms with Gasteiger partial charge in [-0.15, -0.1) is 0 Å². The summed E-state index contributed by atoms with van der Waals surface area (Å²) in [5.41, 5.74) is 4.33. The van der Waals surface area contributed by atoms with E-state index in [9.17, 15) is 5.11 Å². The lowest BCUT2D eigenvalue weighted by Gasteiger charge is -2.16. The van der Waals surface area contributed by atoms with Gasteiger partial charge in [-0.3, -0.25) is 0 Å². The van der Waals surface area contributed by atoms with Crippen LogP contribution in [0, 0.1) is 13.8 Å². The van der Waals surface area contributed by atoms with Crippen molar-refractivity contribution in [2.24, 2.45) is 0 Å². The molecule has 130 valence electrons. The molecular formula is C18H22N6O. The number of aliphatic hydroxyl groups excluding tert-OH is 1. The number of aliphatic hydroxyl groups is 1. The molecule has 0 aliphatic carbocycles. The van der Waals surface area contributed by atoms with Crippen LogP contribution >= 0.6 is 0 Å². The van der Waals surface area contributed by atoms with Gasteiger partial charge in [-0.2, -0.15) is 9.97 Å². The quantitative estimate of drug-likeness (QED) is 0.636. The SMILES string of the molecule is CC[C@H](CO)Nc1nc(Nc2cc(C)ccc2C)c2nccnc2n1. The fraction of sp³-hybridized carbons (Fsp3) is 0.333. The highest BCUT2D eigenvalue weighted by atomic mass is 16.3. The van der Waals surface area contributed by atoms with Crippen LogP contribution in [0.2, 0.25) is 0 Å². The molecule has 0 aliphatic heterocycles. The number of anilines is 3. The fourth-order valence-electron chi connectivity index (χ4n) is 2.47. The Hall–Kier alpha value is -2.80. The summed E-state index contributed by atoms with van der Waals surface area (Å²) >= 11 is 0. The largest absolute Gasteiger partial charge is 0.394 e. The Bertz CT molecular complexity index is 879. The van der Waals surface area contributed by atoms with Gasteiger partial charge in [0.15, 0.2) is 17.0 Å². The van der Waals surface area contributed by atoms with Gasteiger partial charge in [-0.25, -0.2) is 9.97 Å². The summed E-state index contributed by atoms with van der Waals surface area (Å²) in [6, 6.07) is 6.08. The molecule has 3 rings (SSSR count). The zero-order chi connectivity index (χ0) is 17.8. The second kappa shape index (κ2) is 7.40. The number of nitrogens with zero attached hydrogens (tertiary/aromatic N) is 4. The van der Waals surface area contributed by atoms with Crippen molar-refractivity contribution in [1.29, 1.82) is 0 Å². The number of aromatic nitrogens is 4. The first kappa shape index (κ1) is 17.0. The van der Waals surface area contributed by atoms with Gasteiger partial charge in [0.2, 0.25) is 5.95 Å². The van der Waals surface area contributed by atoms with Crippen LogP contribution in [-0.4, -0.2) is 37.7 Å². The van der Waals surface area contributed by atoms with E-state index in [1.807, 2.05) is 20.8 Å². The molecule has 0 bridgehead atoms. The van der Waals surface area contributed by atoms with E-state index in [0.717, 1.165) is 23.2 Å². The molecule has 0 radical (unpaired) electrons. The van der Waals surface area contributed by atoms with Crippen LogP contribution in [0.3, 0.4) is 0 Å². The Morgan fingerprint density at radius 2 is 1.92 bits per heavy atom. The maximum atomic E-state index is 9.41. The minimum atomic E-state index is -0.109. The lowest BCUT2D eigenvalue weighted by Crippen LogP contribution is -2.24. The zero-order valence-corrected chi connectivity index (χ0v) is 14.6. The highest BCUT2D eigenvalue weighted by molar-refractivity contribution is 5.86. The number of nitrogens with one attached hydrogen (secondary N) is 2. The molecule has 0 aliphatic rings. The van der Waals surface area contributed by atoms with Crippen LogP contribution in [0.5, 0.6) is 0 Å². The van der Waals surface area contributed by atoms with E-state index in [4.69, 9.17) is 0 Å². The third kappa shape index (κ3) is 3.83. The van der Waals surface area contributed by atoms with E-state index in [2.05, 4.69) is 48.8 Å². The molecule has 2 heterocycles. The smallest absolute Gasteiger partial charge is 0.227 e. The molecule has 0 saturated carbocycles. The van der Waals surface area contributed by atoms with Gasteiger partial charge in [0.1, 0.15) is 0 Å². The summed E-state index contributed by atoms with van der Waals surface area (Å²) in [6.07, 6.45) is 3.98. The predicted octanol–water partition coefficient (Wildman–Crippen LogP) is 2.96. The van der Waals surface area contributed by atoms with Crippen molar-refractivity contribution < 1.29 is 5.11 Å². The van der Waals surface area contributed by atoms with Gasteiger partial charge < -0.3 is 15.7 Å². The molecule has 0 spiro atoms. The van der Waals surface area contributed by atoms with Crippen molar-refractivity contribution in [2.75, 3.05) is 17.2 Å². The molecular weight excluding hydrogens is 316 g/mol. The highest BCUT2D eigenvalue weighted by Crippen LogP contribution is 2.25. The van der Waals surface area contributed by atoms with E-state index in [1.165, 1.54) is 0 Å². The Morgan fingerprint density at radius 1 is 1.12 bits per heavy atom. The Kier molecular flexibility index (Phi) is 5.04. The van der Waals surface area contributed by atoms with Gasteiger partial charge in [0.25, 0.3) is 0 Å². The van der Waals surface area contributed by atoms with Gasteiger partial charge in [0, 0.05) is 18.1 Å². The van der Waals surface area contributed by atoms with Crippen LogP contribution in [0.1, 0.15) is 24.5 Å². The van der Waals surface area contributed by atoms with Crippen molar-refractivity contribution in [3.8, 4) is 0 Å². The van der Waals surface area contributed by atoms with E-state index in [-0.39, 0.29) is 12.6 Å². The summed E-state index contributed by atoms with van der Waals surface area (Å²) in [6.45, 7) is 6.08. The molecule has 1 atom stereocenters. The molecule has 7 heteroatoms. The second-order valence-electron chi connectivity index (χ2n) is 6.00. The number of hydrogen-bond acceptors (Lipinski definition) is 7. The lowest BCUT2D eigenvalue weighted by atomic mass is 10.1. The summed E-state index contributed by atoms with van der Waals surface area (Å²) in [5, 5.41) is 15.9. The third-order valence-electron chi connectivity index (χ3n) is 4.03. The maximum Gasteiger partial charge on any atom is 0.227 e. The molecule has 0 fully saturated rings. The van der Waals surface area contributed by atoms with Crippen LogP contribution in [0.15, 0.2) is 30.6 Å². The van der Waals surface area contributed by atoms with Crippen molar-refractivity contribution >= 4 is 28.6 Å². The molecule has 0 unspecified atom stereocenters. The third-order valence-corrected chi connectivity index (χ3v) is 4.03. The summed E-state index contributed by atoms with van der Waals surface area (Å²) in [5.74, 6) is 1.00. The van der Waals surface area contributed by atoms with Crippen molar-refractivity contribution in [1.82, 2.24) is 19.9 Å². The first-order chi connectivity index (χ1) is 12.1. The summed E-state index contributed by atoms with van der Waals surface area (Å²) in [4.78, 5) is 17.6. The highest BCUT2D eigenvalue weighted by Gasteiger charge is 2.13. The average Bonchev–Trinajstić information content (AvgIpc) is 2.62. The summed E-state index contributed by atoms with van der Waals surface area (Å²) < 4.78 is 0. The topological polar surface area (TPSA) is 95.8 Å². The van der Waals surface area contributed by atoms with E-state index >= 15 is 0 Å². The molecule has 1 aromatic carbocycles.